The number of carbonyl (C=O) groups excluding carboxylic acids is 8. The molecule has 4 aromatic rings. The second-order valence-electron chi connectivity index (χ2n) is 17.7. The number of ether oxygens (including phenoxy) is 2. The van der Waals surface area contributed by atoms with Gasteiger partial charge in [0.25, 0.3) is 0 Å². The van der Waals surface area contributed by atoms with E-state index in [1.54, 1.807) is 75.5 Å². The van der Waals surface area contributed by atoms with Crippen LogP contribution in [0.4, 0.5) is 9.59 Å². The predicted molar refractivity (Wildman–Crippen MR) is 257 cm³/mol. The van der Waals surface area contributed by atoms with Gasteiger partial charge in [-0.05, 0) is 62.1 Å². The lowest BCUT2D eigenvalue weighted by atomic mass is 10.0. The molecular formula is C49H63N9O12. The molecule has 0 radical (unpaired) electrons. The number of carbonyl (C=O) groups is 9. The summed E-state index contributed by atoms with van der Waals surface area (Å²) in [5.41, 5.74) is 7.25. The van der Waals surface area contributed by atoms with E-state index in [1.807, 2.05) is 25.1 Å². The lowest BCUT2D eigenvalue weighted by molar-refractivity contribution is -0.141. The minimum absolute atomic E-state index is 0.00524. The quantitative estimate of drug-likeness (QED) is 0.0489. The van der Waals surface area contributed by atoms with Crippen LogP contribution in [-0.4, -0.2) is 125 Å². The molecule has 21 nitrogen and oxygen atoms in total. The van der Waals surface area contributed by atoms with Crippen molar-refractivity contribution in [2.24, 2.45) is 5.73 Å². The van der Waals surface area contributed by atoms with E-state index in [1.165, 1.54) is 31.1 Å². The number of hydrogen-bond donors (Lipinski definition) is 9. The van der Waals surface area contributed by atoms with E-state index in [2.05, 4.69) is 36.9 Å². The van der Waals surface area contributed by atoms with Crippen LogP contribution < -0.4 is 42.4 Å². The molecule has 376 valence electrons. The number of hydrogen-bond acceptors (Lipinski definition) is 11. The molecule has 0 aliphatic heterocycles. The summed E-state index contributed by atoms with van der Waals surface area (Å²) in [5, 5.41) is 25.7. The molecule has 1 heterocycles. The van der Waals surface area contributed by atoms with E-state index in [4.69, 9.17) is 15.2 Å². The highest BCUT2D eigenvalue weighted by molar-refractivity contribution is 5.97. The predicted octanol–water partition coefficient (Wildman–Crippen LogP) is 2.36. The molecule has 4 rings (SSSR count). The van der Waals surface area contributed by atoms with Crippen LogP contribution in [0.25, 0.3) is 10.9 Å². The number of primary amides is 1. The molecule has 0 saturated carbocycles. The van der Waals surface area contributed by atoms with Gasteiger partial charge in [0.2, 0.25) is 35.4 Å². The van der Waals surface area contributed by atoms with Crippen LogP contribution in [0.3, 0.4) is 0 Å². The minimum Gasteiger partial charge on any atom is -0.481 e. The second kappa shape index (κ2) is 26.0. The van der Waals surface area contributed by atoms with Crippen molar-refractivity contribution in [3.05, 3.63) is 102 Å². The summed E-state index contributed by atoms with van der Waals surface area (Å²) >= 11 is 0. The number of nitrogens with zero attached hydrogens (tertiary/aromatic N) is 1. The molecular weight excluding hydrogens is 907 g/mol. The number of carboxylic acid groups (broad SMARTS) is 1. The monoisotopic (exact) mass is 969 g/mol. The van der Waals surface area contributed by atoms with Crippen molar-refractivity contribution in [3.8, 4) is 5.75 Å². The van der Waals surface area contributed by atoms with Gasteiger partial charge in [0.05, 0.1) is 13.0 Å². The van der Waals surface area contributed by atoms with Crippen molar-refractivity contribution in [1.82, 2.24) is 41.8 Å². The van der Waals surface area contributed by atoms with E-state index in [9.17, 15) is 48.3 Å². The lowest BCUT2D eigenvalue weighted by Crippen LogP contribution is -2.59. The molecule has 3 aromatic carbocycles. The summed E-state index contributed by atoms with van der Waals surface area (Å²) in [6, 6.07) is 15.2. The Hall–Kier alpha value is -7.97. The third-order valence-electron chi connectivity index (χ3n) is 10.5. The average Bonchev–Trinajstić information content (AvgIpc) is 3.71. The Morgan fingerprint density at radius 3 is 1.89 bits per heavy atom. The molecule has 0 spiro atoms. The zero-order valence-corrected chi connectivity index (χ0v) is 40.1. The van der Waals surface area contributed by atoms with Gasteiger partial charge in [0, 0.05) is 50.5 Å². The molecule has 21 heteroatoms. The van der Waals surface area contributed by atoms with Crippen molar-refractivity contribution < 1.29 is 57.7 Å². The summed E-state index contributed by atoms with van der Waals surface area (Å²) < 4.78 is 10.6. The Balaban J connectivity index is 1.53. The molecule has 0 aliphatic rings. The zero-order chi connectivity index (χ0) is 51.5. The maximum Gasteiger partial charge on any atom is 0.414 e. The number of aliphatic carboxylic acids is 1. The van der Waals surface area contributed by atoms with Gasteiger partial charge in [-0.25, -0.2) is 9.59 Å². The van der Waals surface area contributed by atoms with E-state index in [0.717, 1.165) is 10.9 Å². The lowest BCUT2D eigenvalue weighted by Gasteiger charge is -2.26. The first-order valence-electron chi connectivity index (χ1n) is 22.7. The molecule has 1 aromatic heterocycles. The summed E-state index contributed by atoms with van der Waals surface area (Å²) in [7, 11) is 3.05. The Labute approximate surface area is 405 Å². The van der Waals surface area contributed by atoms with Crippen LogP contribution >= 0.6 is 0 Å². The van der Waals surface area contributed by atoms with Crippen molar-refractivity contribution >= 4 is 64.5 Å². The van der Waals surface area contributed by atoms with Crippen molar-refractivity contribution in [1.29, 1.82) is 0 Å². The van der Waals surface area contributed by atoms with Gasteiger partial charge in [-0.2, -0.15) is 0 Å². The third kappa shape index (κ3) is 17.9. The normalized spacial score (nSPS) is 13.2. The molecule has 0 bridgehead atoms. The maximum atomic E-state index is 14.3. The number of fused-ring (bicyclic) bond motifs is 1. The van der Waals surface area contributed by atoms with Crippen molar-refractivity contribution in [3.63, 3.8) is 0 Å². The standard InChI is InChI=1S/C49H63N9O12/c1-7-8-17-35(44(64)56-39(26-41(60)61)46(66)55-36(42(50)62)23-29-14-10-9-11-15-29)54-45(65)38(25-31-27-51-34-18-13-12-16-33(31)34)53-40(59)28-52-43(63)37(57-47(67)70-49(2,3)4)24-30-19-21-32(22-20-30)69-48(68)58(5)6/h9-16,18-22,27,35-39,51H,7-8,17,23-26,28H2,1-6H3,(H2,50,62)(H,52,63)(H,53,59)(H,54,65)(H,55,66)(H,56,64)(H,57,67)(H,60,61)/t35-,36-,37-,38-,39-/m0/s1. The number of nitrogens with two attached hydrogens (primary N) is 1. The van der Waals surface area contributed by atoms with Crippen LogP contribution in [0.15, 0.2) is 85.1 Å². The van der Waals surface area contributed by atoms with Gasteiger partial charge < -0.3 is 62.1 Å². The van der Waals surface area contributed by atoms with Crippen LogP contribution in [-0.2, 0) is 57.6 Å². The highest BCUT2D eigenvalue weighted by Crippen LogP contribution is 2.20. The number of carboxylic acids is 1. The Morgan fingerprint density at radius 1 is 0.686 bits per heavy atom. The van der Waals surface area contributed by atoms with Crippen LogP contribution in [0.2, 0.25) is 0 Å². The number of benzene rings is 3. The maximum absolute atomic E-state index is 14.3. The zero-order valence-electron chi connectivity index (χ0n) is 40.1. The molecule has 0 saturated heterocycles. The van der Waals surface area contributed by atoms with Gasteiger partial charge in [0.15, 0.2) is 0 Å². The van der Waals surface area contributed by atoms with E-state index in [0.29, 0.717) is 29.5 Å². The number of aromatic amines is 1. The first-order valence-corrected chi connectivity index (χ1v) is 22.7. The van der Waals surface area contributed by atoms with Crippen molar-refractivity contribution in [2.45, 2.75) is 108 Å². The minimum atomic E-state index is -1.69. The third-order valence-corrected chi connectivity index (χ3v) is 10.5. The Bertz CT molecular complexity index is 2470. The first kappa shape index (κ1) is 54.6. The Kier molecular flexibility index (Phi) is 20.3. The van der Waals surface area contributed by atoms with Gasteiger partial charge in [-0.15, -0.1) is 0 Å². The highest BCUT2D eigenvalue weighted by Gasteiger charge is 2.33. The number of alkyl carbamates (subject to hydrolysis) is 1. The van der Waals surface area contributed by atoms with E-state index in [-0.39, 0.29) is 31.4 Å². The molecule has 5 atom stereocenters. The van der Waals surface area contributed by atoms with Crippen molar-refractivity contribution in [2.75, 3.05) is 20.6 Å². The molecule has 0 unspecified atom stereocenters. The molecule has 8 amide bonds. The van der Waals surface area contributed by atoms with Crippen LogP contribution in [0.5, 0.6) is 5.75 Å². The van der Waals surface area contributed by atoms with Gasteiger partial charge >= 0.3 is 18.2 Å². The van der Waals surface area contributed by atoms with E-state index >= 15 is 0 Å². The van der Waals surface area contributed by atoms with Gasteiger partial charge in [0.1, 0.15) is 41.6 Å². The molecule has 70 heavy (non-hydrogen) atoms. The summed E-state index contributed by atoms with van der Waals surface area (Å²) in [6.45, 7) is 6.12. The number of rotatable bonds is 24. The molecule has 0 fully saturated rings. The smallest absolute Gasteiger partial charge is 0.414 e. The first-order chi connectivity index (χ1) is 33.1. The second-order valence-corrected chi connectivity index (χ2v) is 17.7. The average molecular weight is 970 g/mol. The van der Waals surface area contributed by atoms with Crippen LogP contribution in [0, 0.1) is 0 Å². The highest BCUT2D eigenvalue weighted by atomic mass is 16.6. The van der Waals surface area contributed by atoms with E-state index < -0.39 is 102 Å². The number of amides is 8. The largest absolute Gasteiger partial charge is 0.481 e. The number of unbranched alkanes of at least 4 members (excludes halogenated alkanes) is 1. The summed E-state index contributed by atoms with van der Waals surface area (Å²) in [5.74, 6) is -6.40. The number of aromatic nitrogens is 1. The summed E-state index contributed by atoms with van der Waals surface area (Å²) in [4.78, 5) is 123. The number of para-hydroxylation sites is 1. The van der Waals surface area contributed by atoms with Crippen LogP contribution in [0.1, 0.15) is 70.1 Å². The SMILES string of the molecule is CCCC[C@H](NC(=O)[C@H](Cc1c[nH]c2ccccc12)NC(=O)CNC(=O)[C@H](Cc1ccc(OC(=O)N(C)C)cc1)NC(=O)OC(C)(C)C)C(=O)N[C@@H](CC(=O)O)C(=O)N[C@@H](Cc1ccccc1)C(N)=O. The number of nitrogens with one attached hydrogen (secondary N) is 7. The molecule has 10 N–H and O–H groups in total. The van der Waals surface area contributed by atoms with Gasteiger partial charge in [-0.1, -0.05) is 80.4 Å². The van der Waals surface area contributed by atoms with Gasteiger partial charge in [-0.3, -0.25) is 33.6 Å². The fraction of sp³-hybridized carbons (Fsp3) is 0.408. The molecule has 0 aliphatic carbocycles. The topological polar surface area (TPSA) is 310 Å². The fourth-order valence-electron chi connectivity index (χ4n) is 7.00. The number of H-pyrrole nitrogens is 1. The Morgan fingerprint density at radius 2 is 1.26 bits per heavy atom. The fourth-order valence-corrected chi connectivity index (χ4v) is 7.00. The summed E-state index contributed by atoms with van der Waals surface area (Å²) in [6.07, 6.45) is 0.150.